The lowest BCUT2D eigenvalue weighted by Crippen LogP contribution is -2.40. The molecule has 7 nitrogen and oxygen atoms in total. The summed E-state index contributed by atoms with van der Waals surface area (Å²) in [6.45, 7) is 6.19. The molecule has 1 aromatic heterocycles. The Morgan fingerprint density at radius 3 is 2.59 bits per heavy atom. The van der Waals surface area contributed by atoms with Gasteiger partial charge in [-0.25, -0.2) is 0 Å². The number of anilines is 1. The molecule has 0 spiro atoms. The van der Waals surface area contributed by atoms with E-state index < -0.39 is 0 Å². The first-order valence-electron chi connectivity index (χ1n) is 10.9. The molecule has 0 bridgehead atoms. The molecular weight excluding hydrogens is 404 g/mol. The highest BCUT2D eigenvalue weighted by molar-refractivity contribution is 5.85. The van der Waals surface area contributed by atoms with Crippen LogP contribution >= 0.6 is 0 Å². The Morgan fingerprint density at radius 1 is 1.00 bits per heavy atom. The van der Waals surface area contributed by atoms with Crippen LogP contribution in [0.4, 0.5) is 5.69 Å². The molecule has 0 saturated carbocycles. The van der Waals surface area contributed by atoms with E-state index in [9.17, 15) is 14.4 Å². The number of aryl methyl sites for hydroxylation is 1. The number of nitrogens with one attached hydrogen (secondary N) is 2. The Balaban J connectivity index is 1.40. The number of carbonyl (C=O) groups excluding carboxylic acids is 2. The van der Waals surface area contributed by atoms with Gasteiger partial charge in [-0.15, -0.1) is 0 Å². The minimum absolute atomic E-state index is 0.115. The van der Waals surface area contributed by atoms with Crippen molar-refractivity contribution in [2.75, 3.05) is 31.1 Å². The van der Waals surface area contributed by atoms with E-state index in [2.05, 4.69) is 47.6 Å². The molecule has 0 aliphatic rings. The van der Waals surface area contributed by atoms with Crippen LogP contribution in [-0.2, 0) is 16.1 Å². The van der Waals surface area contributed by atoms with Gasteiger partial charge in [0.1, 0.15) is 6.54 Å². The zero-order chi connectivity index (χ0) is 22.9. The van der Waals surface area contributed by atoms with Crippen LogP contribution in [0.25, 0.3) is 10.8 Å². The summed E-state index contributed by atoms with van der Waals surface area (Å²) in [6.07, 6.45) is 2.39. The van der Waals surface area contributed by atoms with E-state index in [0.29, 0.717) is 11.9 Å². The van der Waals surface area contributed by atoms with Gasteiger partial charge < -0.3 is 20.1 Å². The van der Waals surface area contributed by atoms with E-state index in [1.54, 1.807) is 24.4 Å². The molecular formula is C25H30N4O3. The van der Waals surface area contributed by atoms with E-state index in [-0.39, 0.29) is 30.5 Å². The van der Waals surface area contributed by atoms with Crippen LogP contribution in [0.1, 0.15) is 18.9 Å². The zero-order valence-corrected chi connectivity index (χ0v) is 18.6. The van der Waals surface area contributed by atoms with Crippen LogP contribution in [0.5, 0.6) is 0 Å². The third kappa shape index (κ3) is 6.20. The number of nitrogens with zero attached hydrogens (tertiary/aromatic N) is 2. The number of pyridine rings is 1. The molecule has 1 heterocycles. The third-order valence-electron chi connectivity index (χ3n) is 5.32. The summed E-state index contributed by atoms with van der Waals surface area (Å²) in [5, 5.41) is 6.80. The molecule has 32 heavy (non-hydrogen) atoms. The molecule has 2 N–H and O–H groups in total. The number of rotatable bonds is 10. The van der Waals surface area contributed by atoms with Crippen LogP contribution in [-0.4, -0.2) is 42.6 Å². The van der Waals surface area contributed by atoms with Crippen LogP contribution in [0.15, 0.2) is 65.6 Å². The Hall–Kier alpha value is -3.61. The predicted octanol–water partition coefficient (Wildman–Crippen LogP) is 2.46. The van der Waals surface area contributed by atoms with Crippen molar-refractivity contribution in [2.24, 2.45) is 0 Å². The summed E-state index contributed by atoms with van der Waals surface area (Å²) >= 11 is 0. The Bertz CT molecular complexity index is 1140. The summed E-state index contributed by atoms with van der Waals surface area (Å²) in [5.74, 6) is -0.628. The van der Waals surface area contributed by atoms with E-state index in [1.165, 1.54) is 15.8 Å². The van der Waals surface area contributed by atoms with E-state index in [4.69, 9.17) is 0 Å². The van der Waals surface area contributed by atoms with Crippen LogP contribution in [0.3, 0.4) is 0 Å². The second kappa shape index (κ2) is 11.1. The van der Waals surface area contributed by atoms with Crippen LogP contribution < -0.4 is 21.1 Å². The van der Waals surface area contributed by atoms with Gasteiger partial charge in [0.2, 0.25) is 11.8 Å². The first kappa shape index (κ1) is 23.1. The maximum Gasteiger partial charge on any atom is 0.258 e. The minimum Gasteiger partial charge on any atom is -0.372 e. The fourth-order valence-electron chi connectivity index (χ4n) is 3.60. The quantitative estimate of drug-likeness (QED) is 0.480. The summed E-state index contributed by atoms with van der Waals surface area (Å²) < 4.78 is 1.35. The molecule has 0 aliphatic heterocycles. The molecule has 2 amide bonds. The van der Waals surface area contributed by atoms with Crippen molar-refractivity contribution in [1.29, 1.82) is 0 Å². The van der Waals surface area contributed by atoms with Crippen molar-refractivity contribution < 1.29 is 9.59 Å². The molecule has 0 saturated heterocycles. The normalized spacial score (nSPS) is 10.7. The monoisotopic (exact) mass is 434 g/mol. The van der Waals surface area contributed by atoms with E-state index in [1.807, 2.05) is 18.2 Å². The van der Waals surface area contributed by atoms with Crippen molar-refractivity contribution in [2.45, 2.75) is 26.8 Å². The highest BCUT2D eigenvalue weighted by Crippen LogP contribution is 2.15. The zero-order valence-electron chi connectivity index (χ0n) is 18.6. The molecule has 3 aromatic rings. The second-order valence-electron chi connectivity index (χ2n) is 7.73. The van der Waals surface area contributed by atoms with Crippen molar-refractivity contribution >= 4 is 28.3 Å². The van der Waals surface area contributed by atoms with Gasteiger partial charge in [-0.1, -0.05) is 30.3 Å². The molecule has 0 aliphatic carbocycles. The number of amides is 2. The lowest BCUT2D eigenvalue weighted by Gasteiger charge is -2.23. The average molecular weight is 435 g/mol. The van der Waals surface area contributed by atoms with Crippen LogP contribution in [0.2, 0.25) is 0 Å². The standard InChI is InChI=1S/C25H30N4O3/c1-3-28(21-10-6-8-19(2)16-21)14-7-13-26-23(30)17-27-24(31)18-29-15-12-20-9-4-5-11-22(20)25(29)32/h4-6,8-12,15-16H,3,7,13-14,17-18H2,1-2H3,(H,26,30)(H,27,31). The Kier molecular flexibility index (Phi) is 8.02. The molecule has 2 aromatic carbocycles. The lowest BCUT2D eigenvalue weighted by molar-refractivity contribution is -0.126. The summed E-state index contributed by atoms with van der Waals surface area (Å²) in [6, 6.07) is 17.4. The van der Waals surface area contributed by atoms with Gasteiger partial charge >= 0.3 is 0 Å². The Morgan fingerprint density at radius 2 is 1.81 bits per heavy atom. The van der Waals surface area contributed by atoms with Gasteiger partial charge in [0.25, 0.3) is 5.56 Å². The number of carbonyl (C=O) groups is 2. The van der Waals surface area contributed by atoms with Crippen molar-refractivity contribution in [3.05, 3.63) is 76.7 Å². The fraction of sp³-hybridized carbons (Fsp3) is 0.320. The fourth-order valence-corrected chi connectivity index (χ4v) is 3.60. The highest BCUT2D eigenvalue weighted by Gasteiger charge is 2.09. The number of fused-ring (bicyclic) bond motifs is 1. The molecule has 0 radical (unpaired) electrons. The smallest absolute Gasteiger partial charge is 0.258 e. The van der Waals surface area contributed by atoms with Gasteiger partial charge in [-0.05, 0) is 55.5 Å². The second-order valence-corrected chi connectivity index (χ2v) is 7.73. The van der Waals surface area contributed by atoms with E-state index in [0.717, 1.165) is 24.9 Å². The number of benzene rings is 2. The average Bonchev–Trinajstić information content (AvgIpc) is 2.80. The molecule has 0 atom stereocenters. The first-order chi connectivity index (χ1) is 15.5. The number of hydrogen-bond donors (Lipinski definition) is 2. The van der Waals surface area contributed by atoms with Gasteiger partial charge in [-0.3, -0.25) is 14.4 Å². The van der Waals surface area contributed by atoms with Gasteiger partial charge in [0.05, 0.1) is 6.54 Å². The minimum atomic E-state index is -0.380. The molecule has 3 rings (SSSR count). The van der Waals surface area contributed by atoms with Crippen molar-refractivity contribution in [3.8, 4) is 0 Å². The van der Waals surface area contributed by atoms with Crippen molar-refractivity contribution in [3.63, 3.8) is 0 Å². The largest absolute Gasteiger partial charge is 0.372 e. The molecule has 0 fully saturated rings. The van der Waals surface area contributed by atoms with Gasteiger partial charge in [0.15, 0.2) is 0 Å². The van der Waals surface area contributed by atoms with Gasteiger partial charge in [0, 0.05) is 36.9 Å². The molecule has 7 heteroatoms. The summed E-state index contributed by atoms with van der Waals surface area (Å²) in [7, 11) is 0. The molecule has 0 unspecified atom stereocenters. The van der Waals surface area contributed by atoms with Crippen LogP contribution in [0, 0.1) is 6.92 Å². The number of aromatic nitrogens is 1. The maximum absolute atomic E-state index is 12.5. The summed E-state index contributed by atoms with van der Waals surface area (Å²) in [5.41, 5.74) is 2.17. The SMILES string of the molecule is CCN(CCCNC(=O)CNC(=O)Cn1ccc2ccccc2c1=O)c1cccc(C)c1. The predicted molar refractivity (Wildman–Crippen MR) is 128 cm³/mol. The van der Waals surface area contributed by atoms with E-state index >= 15 is 0 Å². The Labute approximate surface area is 188 Å². The lowest BCUT2D eigenvalue weighted by atomic mass is 10.2. The first-order valence-corrected chi connectivity index (χ1v) is 10.9. The summed E-state index contributed by atoms with van der Waals surface area (Å²) in [4.78, 5) is 39.0. The molecule has 168 valence electrons. The highest BCUT2D eigenvalue weighted by atomic mass is 16.2. The maximum atomic E-state index is 12.5. The topological polar surface area (TPSA) is 83.4 Å². The third-order valence-corrected chi connectivity index (χ3v) is 5.32. The number of hydrogen-bond acceptors (Lipinski definition) is 4. The van der Waals surface area contributed by atoms with Crippen molar-refractivity contribution in [1.82, 2.24) is 15.2 Å². The van der Waals surface area contributed by atoms with Gasteiger partial charge in [-0.2, -0.15) is 0 Å².